The molecule has 2 aromatic carbocycles. The lowest BCUT2D eigenvalue weighted by atomic mass is 10.0. The van der Waals surface area contributed by atoms with Gasteiger partial charge in [-0.3, -0.25) is 9.59 Å². The third-order valence-corrected chi connectivity index (χ3v) is 4.46. The molecular weight excluding hydrogens is 359 g/mol. The number of rotatable bonds is 2. The first kappa shape index (κ1) is 17.1. The number of hydrogen-bond donors (Lipinski definition) is 1. The summed E-state index contributed by atoms with van der Waals surface area (Å²) in [5.74, 6) is -0.647. The highest BCUT2D eigenvalue weighted by atomic mass is 19.4. The van der Waals surface area contributed by atoms with Gasteiger partial charge >= 0.3 is 6.18 Å². The van der Waals surface area contributed by atoms with E-state index < -0.39 is 17.8 Å². The normalized spacial score (nSPS) is 17.9. The summed E-state index contributed by atoms with van der Waals surface area (Å²) in [5.41, 5.74) is 1.51. The van der Waals surface area contributed by atoms with Crippen LogP contribution in [0, 0.1) is 0 Å². The summed E-state index contributed by atoms with van der Waals surface area (Å²) >= 11 is 0. The summed E-state index contributed by atoms with van der Waals surface area (Å²) in [4.78, 5) is 24.4. The summed E-state index contributed by atoms with van der Waals surface area (Å²) in [6, 6.07) is 8.88. The van der Waals surface area contributed by atoms with Gasteiger partial charge < -0.3 is 5.32 Å². The van der Waals surface area contributed by atoms with Gasteiger partial charge in [0.15, 0.2) is 5.78 Å². The Morgan fingerprint density at radius 2 is 1.81 bits per heavy atom. The van der Waals surface area contributed by atoms with Crippen molar-refractivity contribution in [1.29, 1.82) is 0 Å². The highest BCUT2D eigenvalue weighted by Gasteiger charge is 2.42. The van der Waals surface area contributed by atoms with Gasteiger partial charge in [0.05, 0.1) is 22.4 Å². The molecule has 27 heavy (non-hydrogen) atoms. The smallest absolute Gasteiger partial charge is 0.326 e. The maximum atomic E-state index is 13.0. The van der Waals surface area contributed by atoms with Gasteiger partial charge in [0.2, 0.25) is 5.91 Å². The predicted molar refractivity (Wildman–Crippen MR) is 91.0 cm³/mol. The van der Waals surface area contributed by atoms with E-state index in [9.17, 15) is 22.8 Å². The molecule has 2 aromatic rings. The second-order valence-electron chi connectivity index (χ2n) is 6.24. The molecule has 1 aliphatic heterocycles. The molecule has 5 nitrogen and oxygen atoms in total. The van der Waals surface area contributed by atoms with Crippen LogP contribution in [0.1, 0.15) is 40.0 Å². The van der Waals surface area contributed by atoms with Crippen molar-refractivity contribution in [2.45, 2.75) is 19.1 Å². The number of Topliss-reactive ketones (excluding diaryl/α,β-unsaturated/α-hetero) is 1. The quantitative estimate of drug-likeness (QED) is 0.825. The first-order chi connectivity index (χ1) is 12.8. The molecule has 2 aliphatic rings. The van der Waals surface area contributed by atoms with Crippen LogP contribution >= 0.6 is 0 Å². The van der Waals surface area contributed by atoms with E-state index in [2.05, 4.69) is 15.5 Å². The molecule has 0 saturated heterocycles. The van der Waals surface area contributed by atoms with Crippen molar-refractivity contribution in [3.8, 4) is 0 Å². The van der Waals surface area contributed by atoms with Crippen molar-refractivity contribution in [3.05, 3.63) is 70.3 Å². The Hall–Kier alpha value is -3.29. The lowest BCUT2D eigenvalue weighted by molar-refractivity contribution is -0.137. The molecule has 0 saturated carbocycles. The molecule has 1 heterocycles. The van der Waals surface area contributed by atoms with Crippen LogP contribution in [-0.2, 0) is 11.0 Å². The van der Waals surface area contributed by atoms with Gasteiger partial charge in [0.1, 0.15) is 11.7 Å². The molecule has 0 radical (unpaired) electrons. The summed E-state index contributed by atoms with van der Waals surface area (Å²) in [6.07, 6.45) is -4.44. The number of hydrogen-bond acceptors (Lipinski definition) is 4. The molecule has 0 aromatic heterocycles. The maximum Gasteiger partial charge on any atom is 0.416 e. The van der Waals surface area contributed by atoms with E-state index in [1.54, 1.807) is 18.2 Å². The van der Waals surface area contributed by atoms with Gasteiger partial charge in [-0.1, -0.05) is 24.3 Å². The summed E-state index contributed by atoms with van der Waals surface area (Å²) in [7, 11) is 0. The SMILES string of the molecule is CC(=O)Nc1cccc2c1C(=O)C1=C(c3ccc(C(F)(F)F)cc3)N=NC12. The van der Waals surface area contributed by atoms with Crippen LogP contribution in [0.25, 0.3) is 5.70 Å². The van der Waals surface area contributed by atoms with Crippen LogP contribution in [0.15, 0.2) is 58.3 Å². The lowest BCUT2D eigenvalue weighted by Crippen LogP contribution is -2.10. The minimum Gasteiger partial charge on any atom is -0.326 e. The minimum absolute atomic E-state index is 0.253. The first-order valence-corrected chi connectivity index (χ1v) is 8.05. The molecule has 1 unspecified atom stereocenters. The Morgan fingerprint density at radius 1 is 1.11 bits per heavy atom. The van der Waals surface area contributed by atoms with Gasteiger partial charge in [-0.25, -0.2) is 0 Å². The number of benzene rings is 2. The number of carbonyl (C=O) groups excluding carboxylic acids is 2. The number of amides is 1. The number of nitrogens with one attached hydrogen (secondary N) is 1. The van der Waals surface area contributed by atoms with Gasteiger partial charge in [-0.2, -0.15) is 23.4 Å². The fraction of sp³-hybridized carbons (Fsp3) is 0.158. The fourth-order valence-electron chi connectivity index (χ4n) is 3.32. The van der Waals surface area contributed by atoms with E-state index in [0.717, 1.165) is 12.1 Å². The molecule has 1 aliphatic carbocycles. The zero-order valence-corrected chi connectivity index (χ0v) is 14.0. The monoisotopic (exact) mass is 371 g/mol. The third-order valence-electron chi connectivity index (χ3n) is 4.46. The van der Waals surface area contributed by atoms with E-state index >= 15 is 0 Å². The highest BCUT2D eigenvalue weighted by molar-refractivity contribution is 6.22. The number of halogens is 3. The Labute approximate surface area is 151 Å². The summed E-state index contributed by atoms with van der Waals surface area (Å²) in [6.45, 7) is 1.34. The third kappa shape index (κ3) is 2.73. The molecule has 136 valence electrons. The maximum absolute atomic E-state index is 13.0. The Morgan fingerprint density at radius 3 is 2.44 bits per heavy atom. The van der Waals surface area contributed by atoms with E-state index in [1.807, 2.05) is 0 Å². The van der Waals surface area contributed by atoms with E-state index in [4.69, 9.17) is 0 Å². The Balaban J connectivity index is 1.79. The summed E-state index contributed by atoms with van der Waals surface area (Å²) in [5, 5.41) is 10.8. The zero-order chi connectivity index (χ0) is 19.3. The van der Waals surface area contributed by atoms with Crippen LogP contribution in [0.5, 0.6) is 0 Å². The number of carbonyl (C=O) groups is 2. The topological polar surface area (TPSA) is 70.9 Å². The number of alkyl halides is 3. The van der Waals surface area contributed by atoms with Crippen LogP contribution in [0.4, 0.5) is 18.9 Å². The van der Waals surface area contributed by atoms with Gasteiger partial charge in [-0.15, -0.1) is 0 Å². The average Bonchev–Trinajstić information content (AvgIpc) is 3.15. The highest BCUT2D eigenvalue weighted by Crippen LogP contribution is 2.49. The van der Waals surface area contributed by atoms with Gasteiger partial charge in [-0.05, 0) is 23.8 Å². The van der Waals surface area contributed by atoms with Crippen molar-refractivity contribution in [3.63, 3.8) is 0 Å². The second-order valence-corrected chi connectivity index (χ2v) is 6.24. The molecule has 4 rings (SSSR count). The predicted octanol–water partition coefficient (Wildman–Crippen LogP) is 4.78. The summed E-state index contributed by atoms with van der Waals surface area (Å²) < 4.78 is 38.3. The van der Waals surface area contributed by atoms with Crippen molar-refractivity contribution >= 4 is 23.1 Å². The molecule has 1 atom stereocenters. The van der Waals surface area contributed by atoms with Gasteiger partial charge in [0.25, 0.3) is 0 Å². The van der Waals surface area contributed by atoms with Crippen LogP contribution in [0.3, 0.4) is 0 Å². The van der Waals surface area contributed by atoms with E-state index in [-0.39, 0.29) is 17.4 Å². The minimum atomic E-state index is -4.44. The van der Waals surface area contributed by atoms with E-state index in [1.165, 1.54) is 19.1 Å². The van der Waals surface area contributed by atoms with E-state index in [0.29, 0.717) is 28.0 Å². The van der Waals surface area contributed by atoms with Crippen molar-refractivity contribution < 1.29 is 22.8 Å². The lowest BCUT2D eigenvalue weighted by Gasteiger charge is -2.08. The molecular formula is C19H12F3N3O2. The van der Waals surface area contributed by atoms with Crippen molar-refractivity contribution in [2.75, 3.05) is 5.32 Å². The number of nitrogens with zero attached hydrogens (tertiary/aromatic N) is 2. The zero-order valence-electron chi connectivity index (χ0n) is 14.0. The molecule has 1 amide bonds. The largest absolute Gasteiger partial charge is 0.416 e. The molecule has 0 fully saturated rings. The molecule has 0 spiro atoms. The van der Waals surface area contributed by atoms with Crippen LogP contribution in [-0.4, -0.2) is 11.7 Å². The average molecular weight is 371 g/mol. The van der Waals surface area contributed by atoms with Crippen molar-refractivity contribution in [1.82, 2.24) is 0 Å². The number of anilines is 1. The Bertz CT molecular complexity index is 1040. The number of fused-ring (bicyclic) bond motifs is 3. The van der Waals surface area contributed by atoms with Gasteiger partial charge in [0, 0.05) is 12.5 Å². The molecule has 0 bridgehead atoms. The fourth-order valence-corrected chi connectivity index (χ4v) is 3.32. The van der Waals surface area contributed by atoms with Crippen LogP contribution in [0.2, 0.25) is 0 Å². The number of ketones is 1. The first-order valence-electron chi connectivity index (χ1n) is 8.05. The van der Waals surface area contributed by atoms with Crippen LogP contribution < -0.4 is 5.32 Å². The Kier molecular flexibility index (Phi) is 3.73. The molecule has 1 N–H and O–H groups in total. The second kappa shape index (κ2) is 5.87. The van der Waals surface area contributed by atoms with Crippen molar-refractivity contribution in [2.24, 2.45) is 10.2 Å². The standard InChI is InChI=1S/C19H12F3N3O2/c1-9(26)23-13-4-2-3-12-14(13)18(27)15-16(24-25-17(12)15)10-5-7-11(8-6-10)19(20,21)22/h2-8,17H,1H3,(H,23,26). The number of azo groups is 1. The molecule has 8 heteroatoms.